The van der Waals surface area contributed by atoms with Crippen molar-refractivity contribution in [1.29, 1.82) is 0 Å². The predicted molar refractivity (Wildman–Crippen MR) is 133 cm³/mol. The molecule has 3 atom stereocenters. The predicted octanol–water partition coefficient (Wildman–Crippen LogP) is 2.77. The molecule has 5 rings (SSSR count). The number of nitrogens with one attached hydrogen (secondary N) is 1. The smallest absolute Gasteiger partial charge is 0.214 e. The van der Waals surface area contributed by atoms with Gasteiger partial charge in [-0.2, -0.15) is 0 Å². The third-order valence-corrected chi connectivity index (χ3v) is 7.43. The van der Waals surface area contributed by atoms with Gasteiger partial charge in [0.05, 0.1) is 37.6 Å². The summed E-state index contributed by atoms with van der Waals surface area (Å²) in [6.07, 6.45) is 2.09. The first-order chi connectivity index (χ1) is 17.0. The van der Waals surface area contributed by atoms with Gasteiger partial charge in [0.15, 0.2) is 0 Å². The summed E-state index contributed by atoms with van der Waals surface area (Å²) in [5, 5.41) is 15.8. The van der Waals surface area contributed by atoms with Crippen molar-refractivity contribution in [3.8, 4) is 5.75 Å². The molecule has 1 aromatic carbocycles. The summed E-state index contributed by atoms with van der Waals surface area (Å²) < 4.78 is 20.4. The highest BCUT2D eigenvalue weighted by atomic mass is 32.2. The van der Waals surface area contributed by atoms with Crippen LogP contribution >= 0.6 is 11.8 Å². The lowest BCUT2D eigenvalue weighted by atomic mass is 10.00. The van der Waals surface area contributed by atoms with Crippen molar-refractivity contribution in [2.45, 2.75) is 29.8 Å². The molecule has 184 valence electrons. The molecule has 10 heteroatoms. The lowest BCUT2D eigenvalue weighted by molar-refractivity contribution is -0.110. The van der Waals surface area contributed by atoms with E-state index in [0.717, 1.165) is 33.9 Å². The van der Waals surface area contributed by atoms with Gasteiger partial charge in [-0.15, -0.1) is 0 Å². The highest BCUT2D eigenvalue weighted by Crippen LogP contribution is 2.33. The summed E-state index contributed by atoms with van der Waals surface area (Å²) in [5.74, 6) is 0.696. The minimum absolute atomic E-state index is 0.0276. The van der Waals surface area contributed by atoms with Crippen LogP contribution in [0.5, 0.6) is 5.75 Å². The number of aromatic nitrogens is 2. The van der Waals surface area contributed by atoms with Gasteiger partial charge in [-0.1, -0.05) is 0 Å². The van der Waals surface area contributed by atoms with Crippen molar-refractivity contribution in [3.63, 3.8) is 0 Å². The second-order valence-corrected chi connectivity index (χ2v) is 9.88. The average molecular weight is 498 g/mol. The molecular weight excluding hydrogens is 469 g/mol. The van der Waals surface area contributed by atoms with Crippen molar-refractivity contribution >= 4 is 33.5 Å². The van der Waals surface area contributed by atoms with Crippen molar-refractivity contribution in [2.75, 3.05) is 44.9 Å². The van der Waals surface area contributed by atoms with Crippen LogP contribution in [0.15, 0.2) is 53.8 Å². The maximum absolute atomic E-state index is 15.1. The van der Waals surface area contributed by atoms with Crippen LogP contribution in [0.4, 0.5) is 10.1 Å². The van der Waals surface area contributed by atoms with E-state index in [-0.39, 0.29) is 24.2 Å². The number of anilines is 1. The number of carbonyl (C=O) groups excluding carboxylic acids is 1. The molecule has 0 spiro atoms. The fourth-order valence-corrected chi connectivity index (χ4v) is 5.57. The minimum atomic E-state index is -1.09. The van der Waals surface area contributed by atoms with Crippen molar-refractivity contribution in [2.24, 2.45) is 0 Å². The summed E-state index contributed by atoms with van der Waals surface area (Å²) in [4.78, 5) is 24.6. The zero-order valence-electron chi connectivity index (χ0n) is 19.4. The Morgan fingerprint density at radius 3 is 3.00 bits per heavy atom. The van der Waals surface area contributed by atoms with Crippen LogP contribution in [0.25, 0.3) is 10.9 Å². The Hall–Kier alpha value is -2.79. The number of fused-ring (bicyclic) bond motifs is 2. The first-order valence-corrected chi connectivity index (χ1v) is 12.4. The number of nitrogens with zero attached hydrogens (tertiary/aromatic N) is 4. The van der Waals surface area contributed by atoms with Gasteiger partial charge >= 0.3 is 0 Å². The molecule has 2 N–H and O–H groups in total. The van der Waals surface area contributed by atoms with Gasteiger partial charge < -0.3 is 14.7 Å². The summed E-state index contributed by atoms with van der Waals surface area (Å²) in [7, 11) is 1.60. The number of pyridine rings is 2. The van der Waals surface area contributed by atoms with E-state index in [0.29, 0.717) is 37.0 Å². The van der Waals surface area contributed by atoms with Gasteiger partial charge in [-0.3, -0.25) is 20.0 Å². The van der Waals surface area contributed by atoms with E-state index in [4.69, 9.17) is 4.74 Å². The van der Waals surface area contributed by atoms with Crippen LogP contribution in [-0.4, -0.2) is 77.3 Å². The van der Waals surface area contributed by atoms with Crippen molar-refractivity contribution < 1.29 is 19.0 Å². The van der Waals surface area contributed by atoms with E-state index in [1.54, 1.807) is 25.6 Å². The van der Waals surface area contributed by atoms with Gasteiger partial charge in [0.25, 0.3) is 0 Å². The quantitative estimate of drug-likeness (QED) is 0.511. The summed E-state index contributed by atoms with van der Waals surface area (Å²) in [5.41, 5.74) is 2.42. The summed E-state index contributed by atoms with van der Waals surface area (Å²) in [6.45, 7) is 1.87. The number of benzene rings is 1. The number of alkyl halides is 1. The largest absolute Gasteiger partial charge is 0.497 e. The molecule has 35 heavy (non-hydrogen) atoms. The molecule has 0 bridgehead atoms. The van der Waals surface area contributed by atoms with Crippen molar-refractivity contribution in [1.82, 2.24) is 20.2 Å². The highest BCUT2D eigenvalue weighted by Gasteiger charge is 2.32. The molecule has 0 saturated carbocycles. The maximum Gasteiger partial charge on any atom is 0.214 e. The number of rotatable bonds is 7. The molecule has 1 saturated heterocycles. The molecule has 0 amide bonds. The standard InChI is InChI=1S/C25H28FN5O3S/c1-34-16-4-5-20-18(11-16)17(6-9-27-20)23(32)13-30-10-7-21(19(26)12-30)29-15-31-14-24(33)35-25-22(31)3-2-8-28-25/h2-6,8-9,11,19,21,23,29,32H,7,10,12-15H2,1H3/t19-,21-,23+/m1/s1. The highest BCUT2D eigenvalue weighted by molar-refractivity contribution is 8.13. The number of aliphatic hydroxyl groups excluding tert-OH is 1. The molecule has 8 nitrogen and oxygen atoms in total. The number of ether oxygens (including phenoxy) is 1. The Morgan fingerprint density at radius 1 is 1.29 bits per heavy atom. The Morgan fingerprint density at radius 2 is 2.17 bits per heavy atom. The number of likely N-dealkylation sites (tertiary alicyclic amines) is 1. The normalized spacial score (nSPS) is 21.7. The van der Waals surface area contributed by atoms with E-state index >= 15 is 4.39 Å². The average Bonchev–Trinajstić information content (AvgIpc) is 2.87. The minimum Gasteiger partial charge on any atom is -0.497 e. The molecule has 0 aliphatic carbocycles. The van der Waals surface area contributed by atoms with Crippen LogP contribution in [0.3, 0.4) is 0 Å². The zero-order chi connectivity index (χ0) is 24.4. The van der Waals surface area contributed by atoms with E-state index in [2.05, 4.69) is 15.3 Å². The van der Waals surface area contributed by atoms with Crippen LogP contribution in [0, 0.1) is 0 Å². The third-order valence-electron chi connectivity index (χ3n) is 6.56. The second-order valence-electron chi connectivity index (χ2n) is 8.83. The Bertz CT molecular complexity index is 1210. The van der Waals surface area contributed by atoms with Gasteiger partial charge in [0, 0.05) is 36.9 Å². The molecule has 2 aliphatic rings. The third kappa shape index (κ3) is 5.25. The van der Waals surface area contributed by atoms with E-state index in [1.807, 2.05) is 40.1 Å². The number of piperidine rings is 1. The van der Waals surface area contributed by atoms with Crippen molar-refractivity contribution in [3.05, 3.63) is 54.4 Å². The first kappa shape index (κ1) is 23.9. The van der Waals surface area contributed by atoms with Gasteiger partial charge in [-0.25, -0.2) is 9.37 Å². The van der Waals surface area contributed by atoms with Crippen LogP contribution in [-0.2, 0) is 4.79 Å². The van der Waals surface area contributed by atoms with Crippen LogP contribution in [0.1, 0.15) is 18.1 Å². The number of methoxy groups -OCH3 is 1. The lowest BCUT2D eigenvalue weighted by Crippen LogP contribution is -2.54. The number of hydrogen-bond donors (Lipinski definition) is 2. The fraction of sp³-hybridized carbons (Fsp3) is 0.400. The number of carbonyl (C=O) groups is 1. The SMILES string of the molecule is COc1ccc2nccc([C@@H](O)CN3CC[C@@H](NCN4CC(=O)Sc5ncccc54)[C@H](F)C3)c2c1. The number of β-amino-alcohol motifs (C(OH)–C–C–N with tert-alkyl or cyclic N) is 1. The molecule has 3 aromatic rings. The number of aliphatic hydroxyl groups is 1. The van der Waals surface area contributed by atoms with Crippen LogP contribution in [0.2, 0.25) is 0 Å². The number of thioether (sulfide) groups is 1. The number of hydrogen-bond acceptors (Lipinski definition) is 9. The van der Waals surface area contributed by atoms with E-state index in [9.17, 15) is 9.90 Å². The van der Waals surface area contributed by atoms with E-state index in [1.165, 1.54) is 0 Å². The monoisotopic (exact) mass is 497 g/mol. The molecule has 0 radical (unpaired) electrons. The maximum atomic E-state index is 15.1. The first-order valence-electron chi connectivity index (χ1n) is 11.6. The van der Waals surface area contributed by atoms with Gasteiger partial charge in [-0.05, 0) is 66.7 Å². The molecule has 2 aromatic heterocycles. The Kier molecular flexibility index (Phi) is 7.14. The Labute approximate surface area is 207 Å². The van der Waals surface area contributed by atoms with E-state index < -0.39 is 12.3 Å². The second kappa shape index (κ2) is 10.4. The number of halogens is 1. The van der Waals surface area contributed by atoms with Gasteiger partial charge in [0.1, 0.15) is 16.9 Å². The fourth-order valence-electron chi connectivity index (χ4n) is 4.72. The van der Waals surface area contributed by atoms with Crippen LogP contribution < -0.4 is 15.0 Å². The summed E-state index contributed by atoms with van der Waals surface area (Å²) >= 11 is 1.15. The molecule has 4 heterocycles. The Balaban J connectivity index is 1.19. The topological polar surface area (TPSA) is 90.8 Å². The molecular formula is C25H28FN5O3S. The zero-order valence-corrected chi connectivity index (χ0v) is 20.2. The molecule has 0 unspecified atom stereocenters. The molecule has 1 fully saturated rings. The lowest BCUT2D eigenvalue weighted by Gasteiger charge is -2.38. The van der Waals surface area contributed by atoms with Gasteiger partial charge in [0.2, 0.25) is 5.12 Å². The molecule has 2 aliphatic heterocycles. The summed E-state index contributed by atoms with van der Waals surface area (Å²) in [6, 6.07) is 10.8.